The molecule has 3 nitrogen and oxygen atoms in total. The second-order valence-corrected chi connectivity index (χ2v) is 6.79. The maximum absolute atomic E-state index is 13.3. The highest BCUT2D eigenvalue weighted by molar-refractivity contribution is 9.10. The van der Waals surface area contributed by atoms with Gasteiger partial charge in [-0.3, -0.25) is 4.68 Å². The van der Waals surface area contributed by atoms with Crippen molar-refractivity contribution in [1.82, 2.24) is 9.78 Å². The molecule has 2 aromatic rings. The third kappa shape index (κ3) is 2.89. The number of rotatable bonds is 2. The minimum absolute atomic E-state index is 0.00380. The number of aryl methyl sites for hydroxylation is 1. The summed E-state index contributed by atoms with van der Waals surface area (Å²) >= 11 is 3.52. The molecule has 1 aromatic carbocycles. The Bertz CT molecular complexity index is 687. The normalized spacial score (nSPS) is 18.5. The molecule has 1 heterocycles. The smallest absolute Gasteiger partial charge is 0.248 e. The molecule has 1 fully saturated rings. The lowest BCUT2D eigenvalue weighted by atomic mass is 9.92. The van der Waals surface area contributed by atoms with Gasteiger partial charge in [0.25, 0.3) is 0 Å². The number of benzene rings is 1. The van der Waals surface area contributed by atoms with E-state index < -0.39 is 5.92 Å². The van der Waals surface area contributed by atoms with Gasteiger partial charge in [-0.1, -0.05) is 15.9 Å². The van der Waals surface area contributed by atoms with Gasteiger partial charge in [-0.2, -0.15) is 5.10 Å². The zero-order valence-electron chi connectivity index (χ0n) is 12.3. The number of nitrogen functional groups attached to an aromatic ring is 1. The van der Waals surface area contributed by atoms with E-state index in [9.17, 15) is 8.78 Å². The summed E-state index contributed by atoms with van der Waals surface area (Å²) in [6, 6.07) is 5.77. The second kappa shape index (κ2) is 5.65. The van der Waals surface area contributed by atoms with Gasteiger partial charge >= 0.3 is 0 Å². The third-order valence-electron chi connectivity index (χ3n) is 4.31. The fourth-order valence-electron chi connectivity index (χ4n) is 3.01. The van der Waals surface area contributed by atoms with E-state index in [-0.39, 0.29) is 18.9 Å². The van der Waals surface area contributed by atoms with Crippen LogP contribution in [-0.2, 0) is 0 Å². The summed E-state index contributed by atoms with van der Waals surface area (Å²) in [7, 11) is 0. The van der Waals surface area contributed by atoms with E-state index in [4.69, 9.17) is 5.73 Å². The molecule has 0 amide bonds. The Morgan fingerprint density at radius 2 is 2.00 bits per heavy atom. The molecule has 118 valence electrons. The molecule has 0 aliphatic heterocycles. The van der Waals surface area contributed by atoms with Crippen molar-refractivity contribution in [2.75, 3.05) is 5.73 Å². The summed E-state index contributed by atoms with van der Waals surface area (Å²) in [5.74, 6) is -2.53. The first-order valence-electron chi connectivity index (χ1n) is 7.35. The van der Waals surface area contributed by atoms with E-state index in [0.29, 0.717) is 18.5 Å². The number of halogens is 3. The summed E-state index contributed by atoms with van der Waals surface area (Å²) in [4.78, 5) is 0. The van der Waals surface area contributed by atoms with E-state index in [1.807, 2.05) is 29.8 Å². The Hall–Kier alpha value is -1.43. The van der Waals surface area contributed by atoms with Crippen molar-refractivity contribution >= 4 is 21.6 Å². The zero-order valence-corrected chi connectivity index (χ0v) is 13.9. The van der Waals surface area contributed by atoms with Crippen molar-refractivity contribution < 1.29 is 8.78 Å². The molecule has 3 rings (SSSR count). The maximum atomic E-state index is 13.3. The van der Waals surface area contributed by atoms with Crippen LogP contribution in [0.25, 0.3) is 11.3 Å². The van der Waals surface area contributed by atoms with Gasteiger partial charge in [0.2, 0.25) is 5.92 Å². The minimum Gasteiger partial charge on any atom is -0.398 e. The largest absolute Gasteiger partial charge is 0.398 e. The Morgan fingerprint density at radius 3 is 2.68 bits per heavy atom. The third-order valence-corrected chi connectivity index (χ3v) is 5.16. The van der Waals surface area contributed by atoms with Crippen LogP contribution in [0.5, 0.6) is 0 Å². The number of aromatic nitrogens is 2. The first-order chi connectivity index (χ1) is 10.4. The summed E-state index contributed by atoms with van der Waals surface area (Å²) in [6.07, 6.45) is 2.42. The zero-order chi connectivity index (χ0) is 15.9. The van der Waals surface area contributed by atoms with Crippen LogP contribution in [0.15, 0.2) is 28.9 Å². The van der Waals surface area contributed by atoms with Crippen LogP contribution >= 0.6 is 15.9 Å². The number of hydrogen-bond donors (Lipinski definition) is 1. The number of alkyl halides is 2. The van der Waals surface area contributed by atoms with Gasteiger partial charge in [0.15, 0.2) is 0 Å². The fourth-order valence-corrected chi connectivity index (χ4v) is 3.36. The highest BCUT2D eigenvalue weighted by Gasteiger charge is 2.36. The van der Waals surface area contributed by atoms with Crippen LogP contribution in [0.2, 0.25) is 0 Å². The van der Waals surface area contributed by atoms with Crippen molar-refractivity contribution in [3.63, 3.8) is 0 Å². The van der Waals surface area contributed by atoms with Gasteiger partial charge < -0.3 is 5.73 Å². The molecule has 1 aromatic heterocycles. The van der Waals surface area contributed by atoms with Gasteiger partial charge in [-0.15, -0.1) is 0 Å². The molecule has 0 bridgehead atoms. The van der Waals surface area contributed by atoms with Crippen LogP contribution in [0.1, 0.15) is 37.3 Å². The SMILES string of the molecule is Cc1cc(N)c(-c2ccnn2C2CCC(F)(F)CC2)cc1Br. The van der Waals surface area contributed by atoms with E-state index in [0.717, 1.165) is 21.3 Å². The first kappa shape index (κ1) is 15.5. The lowest BCUT2D eigenvalue weighted by molar-refractivity contribution is -0.0448. The molecule has 6 heteroatoms. The van der Waals surface area contributed by atoms with Crippen molar-refractivity contribution in [3.8, 4) is 11.3 Å². The average Bonchev–Trinajstić information content (AvgIpc) is 2.92. The molecule has 1 aliphatic rings. The molecular formula is C16H18BrF2N3. The van der Waals surface area contributed by atoms with Gasteiger partial charge in [-0.05, 0) is 43.5 Å². The standard InChI is InChI=1S/C16H18BrF2N3/c1-10-8-14(20)12(9-13(10)17)15-4-7-21-22(15)11-2-5-16(18,19)6-3-11/h4,7-9,11H,2-3,5-6,20H2,1H3. The Kier molecular flexibility index (Phi) is 3.97. The Labute approximate surface area is 136 Å². The van der Waals surface area contributed by atoms with Gasteiger partial charge in [0, 0.05) is 34.8 Å². The molecule has 1 saturated carbocycles. The summed E-state index contributed by atoms with van der Waals surface area (Å²) < 4.78 is 29.5. The molecule has 0 spiro atoms. The van der Waals surface area contributed by atoms with Crippen LogP contribution in [0.3, 0.4) is 0 Å². The molecule has 0 atom stereocenters. The fraction of sp³-hybridized carbons (Fsp3) is 0.438. The maximum Gasteiger partial charge on any atom is 0.248 e. The van der Waals surface area contributed by atoms with Crippen LogP contribution < -0.4 is 5.73 Å². The lowest BCUT2D eigenvalue weighted by Gasteiger charge is -2.29. The molecular weight excluding hydrogens is 352 g/mol. The highest BCUT2D eigenvalue weighted by atomic mass is 79.9. The molecule has 0 saturated heterocycles. The van der Waals surface area contributed by atoms with Crippen molar-refractivity contribution in [2.45, 2.75) is 44.6 Å². The lowest BCUT2D eigenvalue weighted by Crippen LogP contribution is -2.27. The Balaban J connectivity index is 1.95. The highest BCUT2D eigenvalue weighted by Crippen LogP contribution is 2.40. The summed E-state index contributed by atoms with van der Waals surface area (Å²) in [6.45, 7) is 1.98. The summed E-state index contributed by atoms with van der Waals surface area (Å²) in [5, 5.41) is 4.36. The topological polar surface area (TPSA) is 43.8 Å². The molecule has 22 heavy (non-hydrogen) atoms. The molecule has 0 unspecified atom stereocenters. The molecule has 0 radical (unpaired) electrons. The van der Waals surface area contributed by atoms with E-state index in [1.165, 1.54) is 0 Å². The monoisotopic (exact) mass is 369 g/mol. The van der Waals surface area contributed by atoms with Crippen LogP contribution in [0.4, 0.5) is 14.5 Å². The number of anilines is 1. The molecule has 1 aliphatic carbocycles. The number of hydrogen-bond acceptors (Lipinski definition) is 2. The van der Waals surface area contributed by atoms with E-state index in [2.05, 4.69) is 21.0 Å². The van der Waals surface area contributed by atoms with Crippen molar-refractivity contribution in [2.24, 2.45) is 0 Å². The van der Waals surface area contributed by atoms with Gasteiger partial charge in [0.1, 0.15) is 0 Å². The van der Waals surface area contributed by atoms with Crippen molar-refractivity contribution in [3.05, 3.63) is 34.4 Å². The first-order valence-corrected chi connectivity index (χ1v) is 8.14. The summed E-state index contributed by atoms with van der Waals surface area (Å²) in [5.41, 5.74) is 9.64. The molecule has 2 N–H and O–H groups in total. The van der Waals surface area contributed by atoms with Gasteiger partial charge in [0.05, 0.1) is 11.7 Å². The van der Waals surface area contributed by atoms with Crippen LogP contribution in [0, 0.1) is 6.92 Å². The Morgan fingerprint density at radius 1 is 1.32 bits per heavy atom. The van der Waals surface area contributed by atoms with Gasteiger partial charge in [-0.25, -0.2) is 8.78 Å². The predicted molar refractivity (Wildman–Crippen MR) is 87.0 cm³/mol. The minimum atomic E-state index is -2.53. The van der Waals surface area contributed by atoms with Crippen molar-refractivity contribution in [1.29, 1.82) is 0 Å². The van der Waals surface area contributed by atoms with E-state index in [1.54, 1.807) is 6.20 Å². The average molecular weight is 370 g/mol. The second-order valence-electron chi connectivity index (χ2n) is 5.94. The van der Waals surface area contributed by atoms with Crippen LogP contribution in [-0.4, -0.2) is 15.7 Å². The number of nitrogens with two attached hydrogens (primary N) is 1. The quantitative estimate of drug-likeness (QED) is 0.760. The number of nitrogens with zero attached hydrogens (tertiary/aromatic N) is 2. The predicted octanol–water partition coefficient (Wildman–Crippen LogP) is 4.95. The van der Waals surface area contributed by atoms with E-state index >= 15 is 0 Å².